The molecule has 1 atom stereocenters. The third-order valence-corrected chi connectivity index (χ3v) is 3.26. The first-order chi connectivity index (χ1) is 9.47. The number of nitrogens with two attached hydrogens (primary N) is 1. The van der Waals surface area contributed by atoms with Crippen molar-refractivity contribution in [2.24, 2.45) is 12.8 Å². The fourth-order valence-electron chi connectivity index (χ4n) is 2.06. The maximum atomic E-state index is 12.3. The molecule has 1 unspecified atom stereocenters. The Bertz CT molecular complexity index is 588. The van der Waals surface area contributed by atoms with Crippen molar-refractivity contribution in [3.8, 4) is 0 Å². The Morgan fingerprint density at radius 3 is 2.60 bits per heavy atom. The molecule has 0 saturated carbocycles. The van der Waals surface area contributed by atoms with Crippen molar-refractivity contribution >= 4 is 5.91 Å². The molecule has 106 valence electrons. The van der Waals surface area contributed by atoms with E-state index in [2.05, 4.69) is 5.10 Å². The average Bonchev–Trinajstić information content (AvgIpc) is 2.83. The van der Waals surface area contributed by atoms with Gasteiger partial charge in [-0.1, -0.05) is 29.8 Å². The summed E-state index contributed by atoms with van der Waals surface area (Å²) >= 11 is 0. The highest BCUT2D eigenvalue weighted by Gasteiger charge is 2.20. The van der Waals surface area contributed by atoms with Gasteiger partial charge in [0.05, 0.1) is 6.20 Å². The molecule has 5 nitrogen and oxygen atoms in total. The van der Waals surface area contributed by atoms with Gasteiger partial charge < -0.3 is 10.6 Å². The maximum Gasteiger partial charge on any atom is 0.244 e. The fraction of sp³-hybridized carbons (Fsp3) is 0.333. The van der Waals surface area contributed by atoms with Crippen molar-refractivity contribution in [3.05, 3.63) is 53.3 Å². The summed E-state index contributed by atoms with van der Waals surface area (Å²) in [7, 11) is 3.60. The molecule has 1 heterocycles. The van der Waals surface area contributed by atoms with Crippen LogP contribution in [-0.2, 0) is 18.4 Å². The third-order valence-electron chi connectivity index (χ3n) is 3.26. The average molecular weight is 272 g/mol. The van der Waals surface area contributed by atoms with Gasteiger partial charge in [-0.25, -0.2) is 0 Å². The zero-order valence-corrected chi connectivity index (χ0v) is 12.1. The summed E-state index contributed by atoms with van der Waals surface area (Å²) < 4.78 is 1.72. The Balaban J connectivity index is 2.04. The Labute approximate surface area is 119 Å². The number of carbonyl (C=O) groups excluding carboxylic acids is 1. The molecule has 0 radical (unpaired) electrons. The number of hydrogen-bond donors (Lipinski definition) is 1. The summed E-state index contributed by atoms with van der Waals surface area (Å²) in [5, 5.41) is 4.09. The van der Waals surface area contributed by atoms with E-state index in [4.69, 9.17) is 5.73 Å². The van der Waals surface area contributed by atoms with Crippen LogP contribution >= 0.6 is 0 Å². The van der Waals surface area contributed by atoms with Crippen molar-refractivity contribution in [3.63, 3.8) is 0 Å². The number of rotatable bonds is 4. The zero-order valence-electron chi connectivity index (χ0n) is 12.1. The monoisotopic (exact) mass is 272 g/mol. The van der Waals surface area contributed by atoms with Gasteiger partial charge in [-0.2, -0.15) is 5.10 Å². The van der Waals surface area contributed by atoms with E-state index in [-0.39, 0.29) is 5.91 Å². The van der Waals surface area contributed by atoms with Gasteiger partial charge in [-0.3, -0.25) is 9.48 Å². The molecule has 0 bridgehead atoms. The van der Waals surface area contributed by atoms with E-state index >= 15 is 0 Å². The van der Waals surface area contributed by atoms with Gasteiger partial charge in [0.15, 0.2) is 0 Å². The number of nitrogens with zero attached hydrogens (tertiary/aromatic N) is 3. The first kappa shape index (κ1) is 14.3. The van der Waals surface area contributed by atoms with E-state index in [0.29, 0.717) is 6.54 Å². The second-order valence-electron chi connectivity index (χ2n) is 5.10. The van der Waals surface area contributed by atoms with Gasteiger partial charge in [0.25, 0.3) is 0 Å². The topological polar surface area (TPSA) is 64.2 Å². The Morgan fingerprint density at radius 2 is 2.05 bits per heavy atom. The first-order valence-electron chi connectivity index (χ1n) is 6.52. The molecule has 0 aliphatic carbocycles. The van der Waals surface area contributed by atoms with Crippen LogP contribution in [-0.4, -0.2) is 27.6 Å². The lowest BCUT2D eigenvalue weighted by molar-refractivity contribution is -0.131. The molecule has 1 aromatic carbocycles. The van der Waals surface area contributed by atoms with Gasteiger partial charge in [-0.15, -0.1) is 0 Å². The minimum atomic E-state index is -0.628. The van der Waals surface area contributed by atoms with Crippen LogP contribution < -0.4 is 5.73 Å². The van der Waals surface area contributed by atoms with Crippen LogP contribution in [0.4, 0.5) is 0 Å². The highest BCUT2D eigenvalue weighted by molar-refractivity contribution is 5.82. The quantitative estimate of drug-likeness (QED) is 0.914. The molecule has 20 heavy (non-hydrogen) atoms. The Kier molecular flexibility index (Phi) is 4.20. The normalized spacial score (nSPS) is 12.2. The van der Waals surface area contributed by atoms with E-state index in [9.17, 15) is 4.79 Å². The van der Waals surface area contributed by atoms with Gasteiger partial charge in [0.2, 0.25) is 5.91 Å². The van der Waals surface area contributed by atoms with E-state index in [0.717, 1.165) is 16.7 Å². The summed E-state index contributed by atoms with van der Waals surface area (Å²) in [6, 6.07) is 7.09. The van der Waals surface area contributed by atoms with Gasteiger partial charge in [0, 0.05) is 32.4 Å². The molecular weight excluding hydrogens is 252 g/mol. The molecular formula is C15H20N4O. The van der Waals surface area contributed by atoms with Crippen molar-refractivity contribution in [1.29, 1.82) is 0 Å². The number of amides is 1. The molecule has 2 rings (SSSR count). The Morgan fingerprint density at radius 1 is 1.40 bits per heavy atom. The summed E-state index contributed by atoms with van der Waals surface area (Å²) in [5.41, 5.74) is 9.00. The molecule has 0 spiro atoms. The van der Waals surface area contributed by atoms with Crippen molar-refractivity contribution in [2.45, 2.75) is 19.5 Å². The van der Waals surface area contributed by atoms with E-state index in [1.807, 2.05) is 44.4 Å². The minimum absolute atomic E-state index is 0.0993. The van der Waals surface area contributed by atoms with Crippen LogP contribution in [0, 0.1) is 6.92 Å². The van der Waals surface area contributed by atoms with Gasteiger partial charge in [0.1, 0.15) is 6.04 Å². The fourth-order valence-corrected chi connectivity index (χ4v) is 2.06. The summed E-state index contributed by atoms with van der Waals surface area (Å²) in [6.45, 7) is 2.51. The van der Waals surface area contributed by atoms with E-state index in [1.54, 1.807) is 22.8 Å². The van der Waals surface area contributed by atoms with Crippen LogP contribution in [0.2, 0.25) is 0 Å². The van der Waals surface area contributed by atoms with Crippen LogP contribution in [0.25, 0.3) is 0 Å². The lowest BCUT2D eigenvalue weighted by Gasteiger charge is -2.21. The molecule has 0 aliphatic heterocycles. The smallest absolute Gasteiger partial charge is 0.244 e. The molecule has 1 amide bonds. The largest absolute Gasteiger partial charge is 0.340 e. The second-order valence-corrected chi connectivity index (χ2v) is 5.10. The third kappa shape index (κ3) is 3.24. The lowest BCUT2D eigenvalue weighted by atomic mass is 10.0. The number of hydrogen-bond acceptors (Lipinski definition) is 3. The lowest BCUT2D eigenvalue weighted by Crippen LogP contribution is -2.35. The number of benzene rings is 1. The zero-order chi connectivity index (χ0) is 14.7. The van der Waals surface area contributed by atoms with Crippen LogP contribution in [0.3, 0.4) is 0 Å². The highest BCUT2D eigenvalue weighted by Crippen LogP contribution is 2.15. The summed E-state index contributed by atoms with van der Waals surface area (Å²) in [6.07, 6.45) is 3.64. The molecule has 0 fully saturated rings. The predicted octanol–water partition coefficient (Wildman–Crippen LogP) is 1.39. The molecule has 1 aromatic heterocycles. The van der Waals surface area contributed by atoms with Crippen LogP contribution in [0.5, 0.6) is 0 Å². The highest BCUT2D eigenvalue weighted by atomic mass is 16.2. The van der Waals surface area contributed by atoms with Crippen molar-refractivity contribution in [2.75, 3.05) is 7.05 Å². The van der Waals surface area contributed by atoms with Crippen molar-refractivity contribution in [1.82, 2.24) is 14.7 Å². The SMILES string of the molecule is Cc1ccc(C(N)C(=O)N(C)Cc2cnn(C)c2)cc1. The van der Waals surface area contributed by atoms with E-state index in [1.165, 1.54) is 0 Å². The summed E-state index contributed by atoms with van der Waals surface area (Å²) in [5.74, 6) is -0.0993. The molecule has 0 saturated heterocycles. The predicted molar refractivity (Wildman–Crippen MR) is 77.8 cm³/mol. The van der Waals surface area contributed by atoms with Gasteiger partial charge in [-0.05, 0) is 12.5 Å². The summed E-state index contributed by atoms with van der Waals surface area (Å²) in [4.78, 5) is 13.9. The number of aromatic nitrogens is 2. The van der Waals surface area contributed by atoms with Gasteiger partial charge >= 0.3 is 0 Å². The molecule has 0 aliphatic rings. The minimum Gasteiger partial charge on any atom is -0.340 e. The standard InChI is InChI=1S/C15H20N4O/c1-11-4-6-13(7-5-11)14(16)15(20)18(2)9-12-8-17-19(3)10-12/h4-8,10,14H,9,16H2,1-3H3. The molecule has 5 heteroatoms. The maximum absolute atomic E-state index is 12.3. The molecule has 2 N–H and O–H groups in total. The number of likely N-dealkylation sites (N-methyl/N-ethyl adjacent to an activating group) is 1. The number of carbonyl (C=O) groups is 1. The molecule has 2 aromatic rings. The van der Waals surface area contributed by atoms with Crippen LogP contribution in [0.15, 0.2) is 36.7 Å². The van der Waals surface area contributed by atoms with Crippen molar-refractivity contribution < 1.29 is 4.79 Å². The first-order valence-corrected chi connectivity index (χ1v) is 6.52. The Hall–Kier alpha value is -2.14. The van der Waals surface area contributed by atoms with Crippen LogP contribution in [0.1, 0.15) is 22.7 Å². The second kappa shape index (κ2) is 5.88. The van der Waals surface area contributed by atoms with E-state index < -0.39 is 6.04 Å². The number of aryl methyl sites for hydroxylation is 2.